The van der Waals surface area contributed by atoms with Crippen LogP contribution in [0.4, 0.5) is 0 Å². The smallest absolute Gasteiger partial charge is 0.282 e. The van der Waals surface area contributed by atoms with E-state index in [0.717, 1.165) is 26.1 Å². The Balaban J connectivity index is 1.56. The summed E-state index contributed by atoms with van der Waals surface area (Å²) in [5, 5.41) is 4.24. The van der Waals surface area contributed by atoms with Gasteiger partial charge >= 0.3 is 0 Å². The molecule has 3 aromatic rings. The Morgan fingerprint density at radius 3 is 2.91 bits per heavy atom. The molecule has 4 rings (SSSR count). The lowest BCUT2D eigenvalue weighted by Crippen LogP contribution is -2.28. The summed E-state index contributed by atoms with van der Waals surface area (Å²) in [4.78, 5) is 19.4. The predicted molar refractivity (Wildman–Crippen MR) is 88.1 cm³/mol. The lowest BCUT2D eigenvalue weighted by molar-refractivity contribution is 0.315. The van der Waals surface area contributed by atoms with Crippen LogP contribution in [0, 0.1) is 0 Å². The highest BCUT2D eigenvalue weighted by atomic mass is 16.1. The van der Waals surface area contributed by atoms with Crippen molar-refractivity contribution >= 4 is 11.0 Å². The number of rotatable bonds is 3. The lowest BCUT2D eigenvalue weighted by atomic mass is 10.2. The highest BCUT2D eigenvalue weighted by molar-refractivity contribution is 5.71. The third-order valence-corrected chi connectivity index (χ3v) is 4.46. The van der Waals surface area contributed by atoms with E-state index in [1.54, 1.807) is 21.8 Å². The van der Waals surface area contributed by atoms with E-state index < -0.39 is 0 Å². The first-order chi connectivity index (χ1) is 11.2. The Hall–Kier alpha value is -2.47. The van der Waals surface area contributed by atoms with Crippen LogP contribution < -0.4 is 5.56 Å². The molecule has 0 unspecified atom stereocenters. The molecular formula is C17H19N5O. The summed E-state index contributed by atoms with van der Waals surface area (Å²) in [5.41, 5.74) is 2.38. The van der Waals surface area contributed by atoms with Gasteiger partial charge in [0.15, 0.2) is 5.52 Å². The van der Waals surface area contributed by atoms with Crippen molar-refractivity contribution in [3.05, 3.63) is 58.8 Å². The second-order valence-corrected chi connectivity index (χ2v) is 6.16. The molecule has 1 aliphatic rings. The van der Waals surface area contributed by atoms with Crippen molar-refractivity contribution in [3.63, 3.8) is 0 Å². The van der Waals surface area contributed by atoms with Crippen LogP contribution in [0.3, 0.4) is 0 Å². The van der Waals surface area contributed by atoms with E-state index in [9.17, 15) is 4.79 Å². The van der Waals surface area contributed by atoms with Crippen molar-refractivity contribution in [1.82, 2.24) is 24.2 Å². The SMILES string of the molecule is Cn1cc2ncn([C@H]3CCN(Cc4ccccc4)C3)c(=O)c2n1. The Kier molecular flexibility index (Phi) is 3.46. The van der Waals surface area contributed by atoms with Crippen molar-refractivity contribution in [1.29, 1.82) is 0 Å². The first kappa shape index (κ1) is 14.1. The van der Waals surface area contributed by atoms with Crippen LogP contribution in [0.25, 0.3) is 11.0 Å². The number of fused-ring (bicyclic) bond motifs is 1. The summed E-state index contributed by atoms with van der Waals surface area (Å²) in [6, 6.07) is 10.6. The summed E-state index contributed by atoms with van der Waals surface area (Å²) in [6.07, 6.45) is 4.41. The molecule has 0 amide bonds. The van der Waals surface area contributed by atoms with Crippen molar-refractivity contribution in [2.24, 2.45) is 7.05 Å². The minimum absolute atomic E-state index is 0.0397. The molecule has 1 atom stereocenters. The molecule has 0 radical (unpaired) electrons. The van der Waals surface area contributed by atoms with E-state index in [2.05, 4.69) is 39.2 Å². The van der Waals surface area contributed by atoms with Gasteiger partial charge < -0.3 is 0 Å². The molecule has 3 heterocycles. The van der Waals surface area contributed by atoms with Gasteiger partial charge in [-0.25, -0.2) is 4.98 Å². The summed E-state index contributed by atoms with van der Waals surface area (Å²) in [6.45, 7) is 2.78. The van der Waals surface area contributed by atoms with Crippen LogP contribution in [-0.4, -0.2) is 37.3 Å². The maximum absolute atomic E-state index is 12.6. The van der Waals surface area contributed by atoms with Gasteiger partial charge in [-0.15, -0.1) is 0 Å². The topological polar surface area (TPSA) is 56.0 Å². The fourth-order valence-electron chi connectivity index (χ4n) is 3.31. The highest BCUT2D eigenvalue weighted by Gasteiger charge is 2.25. The fraction of sp³-hybridized carbons (Fsp3) is 0.353. The minimum Gasteiger partial charge on any atom is -0.297 e. The quantitative estimate of drug-likeness (QED) is 0.737. The molecule has 0 saturated carbocycles. The molecule has 1 aliphatic heterocycles. The van der Waals surface area contributed by atoms with Gasteiger partial charge in [0.2, 0.25) is 0 Å². The van der Waals surface area contributed by atoms with Crippen LogP contribution in [0.15, 0.2) is 47.7 Å². The molecule has 0 bridgehead atoms. The molecule has 0 spiro atoms. The fourth-order valence-corrected chi connectivity index (χ4v) is 3.31. The van der Waals surface area contributed by atoms with Crippen molar-refractivity contribution < 1.29 is 0 Å². The van der Waals surface area contributed by atoms with Gasteiger partial charge in [0, 0.05) is 26.7 Å². The predicted octanol–water partition coefficient (Wildman–Crippen LogP) is 1.58. The van der Waals surface area contributed by atoms with Gasteiger partial charge in [-0.1, -0.05) is 30.3 Å². The maximum Gasteiger partial charge on any atom is 0.282 e. The molecule has 1 fully saturated rings. The zero-order valence-electron chi connectivity index (χ0n) is 13.1. The number of aromatic nitrogens is 4. The van der Waals surface area contributed by atoms with Crippen molar-refractivity contribution in [3.8, 4) is 0 Å². The molecule has 118 valence electrons. The number of aryl methyl sites for hydroxylation is 1. The van der Waals surface area contributed by atoms with Crippen LogP contribution >= 0.6 is 0 Å². The van der Waals surface area contributed by atoms with E-state index in [4.69, 9.17) is 0 Å². The molecule has 1 aromatic carbocycles. The third kappa shape index (κ3) is 2.66. The summed E-state index contributed by atoms with van der Waals surface area (Å²) in [5.74, 6) is 0. The standard InChI is InChI=1S/C17H19N5O/c1-20-11-15-16(19-20)17(23)22(12-18-15)14-7-8-21(10-14)9-13-5-3-2-4-6-13/h2-6,11-12,14H,7-10H2,1H3/t14-/m0/s1. The molecule has 6 heteroatoms. The Labute approximate surface area is 134 Å². The number of benzene rings is 1. The largest absolute Gasteiger partial charge is 0.297 e. The van der Waals surface area contributed by atoms with E-state index in [0.29, 0.717) is 11.0 Å². The summed E-state index contributed by atoms with van der Waals surface area (Å²) in [7, 11) is 1.81. The first-order valence-corrected chi connectivity index (χ1v) is 7.87. The lowest BCUT2D eigenvalue weighted by Gasteiger charge is -2.17. The molecule has 6 nitrogen and oxygen atoms in total. The highest BCUT2D eigenvalue weighted by Crippen LogP contribution is 2.22. The average Bonchev–Trinajstić information content (AvgIpc) is 3.15. The molecule has 0 aliphatic carbocycles. The molecule has 23 heavy (non-hydrogen) atoms. The van der Waals surface area contributed by atoms with Gasteiger partial charge in [-0.05, 0) is 12.0 Å². The van der Waals surface area contributed by atoms with E-state index in [1.165, 1.54) is 5.56 Å². The van der Waals surface area contributed by atoms with Crippen LogP contribution in [0.2, 0.25) is 0 Å². The third-order valence-electron chi connectivity index (χ3n) is 4.46. The number of hydrogen-bond donors (Lipinski definition) is 0. The molecular weight excluding hydrogens is 290 g/mol. The monoisotopic (exact) mass is 309 g/mol. The zero-order chi connectivity index (χ0) is 15.8. The Morgan fingerprint density at radius 1 is 1.26 bits per heavy atom. The van der Waals surface area contributed by atoms with E-state index in [-0.39, 0.29) is 11.6 Å². The van der Waals surface area contributed by atoms with Crippen LogP contribution in [0.5, 0.6) is 0 Å². The van der Waals surface area contributed by atoms with Gasteiger partial charge in [0.05, 0.1) is 18.6 Å². The average molecular weight is 309 g/mol. The van der Waals surface area contributed by atoms with Gasteiger partial charge in [-0.2, -0.15) is 5.10 Å². The normalized spacial score (nSPS) is 18.7. The Morgan fingerprint density at radius 2 is 2.09 bits per heavy atom. The number of likely N-dealkylation sites (tertiary alicyclic amines) is 1. The second-order valence-electron chi connectivity index (χ2n) is 6.16. The van der Waals surface area contributed by atoms with E-state index in [1.807, 2.05) is 13.1 Å². The van der Waals surface area contributed by atoms with Gasteiger partial charge in [-0.3, -0.25) is 18.9 Å². The van der Waals surface area contributed by atoms with Crippen molar-refractivity contribution in [2.75, 3.05) is 13.1 Å². The molecule has 1 saturated heterocycles. The molecule has 2 aromatic heterocycles. The minimum atomic E-state index is -0.0397. The van der Waals surface area contributed by atoms with Gasteiger partial charge in [0.1, 0.15) is 5.52 Å². The van der Waals surface area contributed by atoms with Crippen LogP contribution in [-0.2, 0) is 13.6 Å². The first-order valence-electron chi connectivity index (χ1n) is 7.87. The summed E-state index contributed by atoms with van der Waals surface area (Å²) < 4.78 is 3.39. The second kappa shape index (κ2) is 5.62. The van der Waals surface area contributed by atoms with Crippen LogP contribution in [0.1, 0.15) is 18.0 Å². The Bertz CT molecular complexity index is 883. The molecule has 0 N–H and O–H groups in total. The number of nitrogens with zero attached hydrogens (tertiary/aromatic N) is 5. The van der Waals surface area contributed by atoms with Crippen molar-refractivity contribution in [2.45, 2.75) is 19.0 Å². The summed E-state index contributed by atoms with van der Waals surface area (Å²) >= 11 is 0. The van der Waals surface area contributed by atoms with E-state index >= 15 is 0 Å². The zero-order valence-corrected chi connectivity index (χ0v) is 13.1. The number of hydrogen-bond acceptors (Lipinski definition) is 4. The van der Waals surface area contributed by atoms with Gasteiger partial charge in [0.25, 0.3) is 5.56 Å². The maximum atomic E-state index is 12.6.